The lowest BCUT2D eigenvalue weighted by molar-refractivity contribution is -0.137. The Labute approximate surface area is 148 Å². The zero-order chi connectivity index (χ0) is 19.2. The van der Waals surface area contributed by atoms with Crippen molar-refractivity contribution in [1.29, 1.82) is 0 Å². The molecule has 1 saturated heterocycles. The van der Waals surface area contributed by atoms with Crippen molar-refractivity contribution >= 4 is 27.3 Å². The van der Waals surface area contributed by atoms with Crippen LogP contribution in [0.15, 0.2) is 24.3 Å². The highest BCUT2D eigenvalue weighted by Crippen LogP contribution is 2.47. The van der Waals surface area contributed by atoms with Gasteiger partial charge in [0.2, 0.25) is 11.8 Å². The highest BCUT2D eigenvalue weighted by Gasteiger charge is 2.57. The van der Waals surface area contributed by atoms with Gasteiger partial charge in [0.05, 0.1) is 22.8 Å². The van der Waals surface area contributed by atoms with E-state index in [1.807, 2.05) is 0 Å². The van der Waals surface area contributed by atoms with Gasteiger partial charge in [0.1, 0.15) is 5.41 Å². The van der Waals surface area contributed by atoms with Crippen LogP contribution in [-0.4, -0.2) is 37.8 Å². The molecule has 1 saturated carbocycles. The van der Waals surface area contributed by atoms with Gasteiger partial charge in [-0.25, -0.2) is 8.42 Å². The van der Waals surface area contributed by atoms with Gasteiger partial charge in [-0.2, -0.15) is 13.2 Å². The summed E-state index contributed by atoms with van der Waals surface area (Å²) in [5.41, 5.74) is -2.84. The van der Waals surface area contributed by atoms with E-state index in [2.05, 4.69) is 10.6 Å². The summed E-state index contributed by atoms with van der Waals surface area (Å²) in [4.78, 5) is 24.9. The normalized spacial score (nSPS) is 23.3. The van der Waals surface area contributed by atoms with Gasteiger partial charge >= 0.3 is 6.18 Å². The minimum Gasteiger partial charge on any atom is -0.351 e. The van der Waals surface area contributed by atoms with Gasteiger partial charge in [0.15, 0.2) is 9.84 Å². The first kappa shape index (κ1) is 18.7. The van der Waals surface area contributed by atoms with Crippen molar-refractivity contribution in [2.75, 3.05) is 16.8 Å². The molecule has 1 aromatic rings. The molecule has 6 nitrogen and oxygen atoms in total. The third kappa shape index (κ3) is 3.69. The molecule has 0 radical (unpaired) electrons. The van der Waals surface area contributed by atoms with Crippen molar-refractivity contribution in [3.63, 3.8) is 0 Å². The second kappa shape index (κ2) is 6.26. The van der Waals surface area contributed by atoms with Crippen LogP contribution in [0.1, 0.15) is 24.8 Å². The number of anilines is 1. The molecule has 1 unspecified atom stereocenters. The number of benzene rings is 1. The molecular formula is C16H17F3N2O4S. The van der Waals surface area contributed by atoms with Gasteiger partial charge in [0.25, 0.3) is 0 Å². The first-order valence-electron chi connectivity index (χ1n) is 8.03. The number of carbonyl (C=O) groups excluding carboxylic acids is 2. The van der Waals surface area contributed by atoms with Gasteiger partial charge in [-0.15, -0.1) is 0 Å². The lowest BCUT2D eigenvalue weighted by Gasteiger charge is -2.19. The molecule has 1 aliphatic heterocycles. The molecule has 1 atom stereocenters. The zero-order valence-corrected chi connectivity index (χ0v) is 14.4. The summed E-state index contributed by atoms with van der Waals surface area (Å²) in [6.07, 6.45) is -3.96. The van der Waals surface area contributed by atoms with Crippen molar-refractivity contribution in [2.24, 2.45) is 5.41 Å². The standard InChI is InChI=1S/C16H17F3N2O4S/c17-16(18,19)11-3-1-2-4-12(11)21-14(23)15(6-7-15)13(22)20-10-5-8-26(24,25)9-10/h1-4,10H,5-9H2,(H,20,22)(H,21,23). The van der Waals surface area contributed by atoms with Crippen LogP contribution in [-0.2, 0) is 25.6 Å². The predicted octanol–water partition coefficient (Wildman–Crippen LogP) is 1.73. The van der Waals surface area contributed by atoms with Gasteiger partial charge in [0, 0.05) is 6.04 Å². The molecule has 1 heterocycles. The number of nitrogens with one attached hydrogen (secondary N) is 2. The maximum Gasteiger partial charge on any atom is 0.418 e. The van der Waals surface area contributed by atoms with Crippen molar-refractivity contribution in [3.8, 4) is 0 Å². The van der Waals surface area contributed by atoms with Crippen molar-refractivity contribution in [3.05, 3.63) is 29.8 Å². The summed E-state index contributed by atoms with van der Waals surface area (Å²) in [6.45, 7) is 0. The van der Waals surface area contributed by atoms with E-state index < -0.39 is 50.5 Å². The predicted molar refractivity (Wildman–Crippen MR) is 86.9 cm³/mol. The highest BCUT2D eigenvalue weighted by atomic mass is 32.2. The van der Waals surface area contributed by atoms with E-state index >= 15 is 0 Å². The Bertz CT molecular complexity index is 847. The van der Waals surface area contributed by atoms with Crippen LogP contribution in [0.5, 0.6) is 0 Å². The summed E-state index contributed by atoms with van der Waals surface area (Å²) in [7, 11) is -3.20. The largest absolute Gasteiger partial charge is 0.418 e. The van der Waals surface area contributed by atoms with E-state index in [9.17, 15) is 31.2 Å². The fourth-order valence-corrected chi connectivity index (χ4v) is 4.67. The molecule has 2 amide bonds. The van der Waals surface area contributed by atoms with E-state index in [-0.39, 0.29) is 30.8 Å². The van der Waals surface area contributed by atoms with E-state index in [0.717, 1.165) is 12.1 Å². The summed E-state index contributed by atoms with van der Waals surface area (Å²) in [6, 6.07) is 3.96. The summed E-state index contributed by atoms with van der Waals surface area (Å²) >= 11 is 0. The highest BCUT2D eigenvalue weighted by molar-refractivity contribution is 7.91. The van der Waals surface area contributed by atoms with Gasteiger partial charge in [-0.3, -0.25) is 9.59 Å². The molecule has 26 heavy (non-hydrogen) atoms. The molecule has 2 aliphatic rings. The number of hydrogen-bond donors (Lipinski definition) is 2. The Morgan fingerprint density at radius 2 is 1.77 bits per heavy atom. The quantitative estimate of drug-likeness (QED) is 0.766. The summed E-state index contributed by atoms with van der Waals surface area (Å²) < 4.78 is 62.0. The number of para-hydroxylation sites is 1. The molecule has 2 N–H and O–H groups in total. The fourth-order valence-electron chi connectivity index (χ4n) is 3.00. The summed E-state index contributed by atoms with van der Waals surface area (Å²) in [5, 5.41) is 4.75. The molecule has 142 valence electrons. The minimum atomic E-state index is -4.64. The fraction of sp³-hybridized carbons (Fsp3) is 0.500. The van der Waals surface area contributed by atoms with Crippen molar-refractivity contribution in [2.45, 2.75) is 31.5 Å². The van der Waals surface area contributed by atoms with Crippen LogP contribution < -0.4 is 10.6 Å². The number of sulfone groups is 1. The van der Waals surface area contributed by atoms with E-state index in [1.54, 1.807) is 0 Å². The van der Waals surface area contributed by atoms with Crippen molar-refractivity contribution in [1.82, 2.24) is 5.32 Å². The maximum atomic E-state index is 13.0. The van der Waals surface area contributed by atoms with Crippen molar-refractivity contribution < 1.29 is 31.2 Å². The molecule has 2 fully saturated rings. The number of halogens is 3. The van der Waals surface area contributed by atoms with Gasteiger partial charge in [-0.05, 0) is 31.4 Å². The second-order valence-electron chi connectivity index (χ2n) is 6.65. The minimum absolute atomic E-state index is 0.0316. The molecule has 1 aromatic carbocycles. The topological polar surface area (TPSA) is 92.3 Å². The number of rotatable bonds is 4. The Hall–Kier alpha value is -2.10. The van der Waals surface area contributed by atoms with Crippen LogP contribution in [0.2, 0.25) is 0 Å². The number of hydrogen-bond acceptors (Lipinski definition) is 4. The maximum absolute atomic E-state index is 13.0. The van der Waals surface area contributed by atoms with E-state index in [1.165, 1.54) is 12.1 Å². The first-order valence-corrected chi connectivity index (χ1v) is 9.85. The van der Waals surface area contributed by atoms with Crippen LogP contribution in [0, 0.1) is 5.41 Å². The lowest BCUT2D eigenvalue weighted by Crippen LogP contribution is -2.45. The smallest absolute Gasteiger partial charge is 0.351 e. The average Bonchev–Trinajstić information content (AvgIpc) is 3.27. The van der Waals surface area contributed by atoms with E-state index in [0.29, 0.717) is 0 Å². The third-order valence-electron chi connectivity index (χ3n) is 4.67. The number of carbonyl (C=O) groups is 2. The molecule has 3 rings (SSSR count). The van der Waals surface area contributed by atoms with Crippen LogP contribution in [0.25, 0.3) is 0 Å². The molecule has 0 spiro atoms. The SMILES string of the molecule is O=C(Nc1ccccc1C(F)(F)F)C1(C(=O)NC2CCS(=O)(=O)C2)CC1. The number of alkyl halides is 3. The molecule has 10 heteroatoms. The van der Waals surface area contributed by atoms with E-state index in [4.69, 9.17) is 0 Å². The van der Waals surface area contributed by atoms with Gasteiger partial charge < -0.3 is 10.6 Å². The van der Waals surface area contributed by atoms with Crippen LogP contribution in [0.4, 0.5) is 18.9 Å². The van der Waals surface area contributed by atoms with Crippen LogP contribution >= 0.6 is 0 Å². The number of amides is 2. The molecule has 1 aliphatic carbocycles. The Balaban J connectivity index is 1.71. The lowest BCUT2D eigenvalue weighted by atomic mass is 10.0. The third-order valence-corrected chi connectivity index (χ3v) is 6.44. The molecule has 0 aromatic heterocycles. The molecule has 0 bridgehead atoms. The monoisotopic (exact) mass is 390 g/mol. The Morgan fingerprint density at radius 3 is 2.31 bits per heavy atom. The van der Waals surface area contributed by atoms with Crippen LogP contribution in [0.3, 0.4) is 0 Å². The Kier molecular flexibility index (Phi) is 4.50. The Morgan fingerprint density at radius 1 is 1.12 bits per heavy atom. The first-order chi connectivity index (χ1) is 12.0. The zero-order valence-electron chi connectivity index (χ0n) is 13.6. The second-order valence-corrected chi connectivity index (χ2v) is 8.88. The molecular weight excluding hydrogens is 373 g/mol. The summed E-state index contributed by atoms with van der Waals surface area (Å²) in [5.74, 6) is -1.67. The average molecular weight is 390 g/mol. The van der Waals surface area contributed by atoms with Gasteiger partial charge in [-0.1, -0.05) is 12.1 Å².